The van der Waals surface area contributed by atoms with Crippen LogP contribution in [0.25, 0.3) is 0 Å². The standard InChI is InChI=1S/C45H63NO13/c1-13-32-55-30-20-31-44(22-53-31,58-26(6)47)35-37(57-38(49)27-17-15-14-16-18-27)45(52)21-29(24(4)33(42(45,10)11)25(5)36(56-32)43(30,35)12)54-39(50)34(48)28(19-23(2)3)46-40(51)59-41(7,8)9/h13-18,23,25,28-32,34-37,48,52H,1,19-22H2,2-12H3,(H,46,51)/t25-,28?,29-,30-,31+,32+,34+,35-,36-,37-,43+,44-,45+/m0/s1. The van der Waals surface area contributed by atoms with Crippen LogP contribution in [0.15, 0.2) is 54.1 Å². The zero-order chi connectivity index (χ0) is 43.6. The van der Waals surface area contributed by atoms with Crippen LogP contribution in [0.4, 0.5) is 4.79 Å². The van der Waals surface area contributed by atoms with E-state index < -0.39 is 112 Å². The summed E-state index contributed by atoms with van der Waals surface area (Å²) in [6.45, 7) is 23.6. The summed E-state index contributed by atoms with van der Waals surface area (Å²) in [5.74, 6) is -3.85. The minimum Gasteiger partial charge on any atom is -0.456 e. The summed E-state index contributed by atoms with van der Waals surface area (Å²) in [4.78, 5) is 54.5. The molecule has 3 N–H and O–H groups in total. The van der Waals surface area contributed by atoms with Crippen LogP contribution in [0.1, 0.15) is 106 Å². The van der Waals surface area contributed by atoms with Crippen LogP contribution in [-0.4, -0.2) is 107 Å². The highest BCUT2D eigenvalue weighted by atomic mass is 16.7. The quantitative estimate of drug-likeness (QED) is 0.151. The third-order valence-corrected chi connectivity index (χ3v) is 13.5. The summed E-state index contributed by atoms with van der Waals surface area (Å²) in [6, 6.07) is 7.32. The SMILES string of the molecule is C=C[C@@H]1O[C@H]2C[C@H]3OC[C@@]3(OC(C)=O)[C@H]3[C@H](OC(=O)c4ccccc4)[C@]4(O)C[C@H](OC(=O)[C@H](O)C(CC(C)C)NC(=O)OC(C)(C)C)C(C)=C([C@H](C)[C@H](O1)[C@]23C)C4(C)C. The van der Waals surface area contributed by atoms with Crippen LogP contribution in [0.3, 0.4) is 0 Å². The summed E-state index contributed by atoms with van der Waals surface area (Å²) in [5.41, 5.74) is -4.96. The number of esters is 3. The second-order valence-corrected chi connectivity index (χ2v) is 19.3. The smallest absolute Gasteiger partial charge is 0.407 e. The van der Waals surface area contributed by atoms with Crippen LogP contribution >= 0.6 is 0 Å². The van der Waals surface area contributed by atoms with Crippen LogP contribution in [0.2, 0.25) is 0 Å². The summed E-state index contributed by atoms with van der Waals surface area (Å²) < 4.78 is 44.1. The van der Waals surface area contributed by atoms with Gasteiger partial charge in [0.05, 0.1) is 36.3 Å². The Morgan fingerprint density at radius 1 is 1.05 bits per heavy atom. The predicted octanol–water partition coefficient (Wildman–Crippen LogP) is 5.57. The molecule has 1 aromatic rings. The number of aliphatic hydroxyl groups is 2. The Kier molecular flexibility index (Phi) is 12.1. The molecule has 14 nitrogen and oxygen atoms in total. The van der Waals surface area contributed by atoms with Crippen molar-refractivity contribution in [1.82, 2.24) is 5.32 Å². The topological polar surface area (TPSA) is 185 Å². The van der Waals surface area contributed by atoms with Crippen molar-refractivity contribution < 1.29 is 62.5 Å². The Morgan fingerprint density at radius 2 is 1.71 bits per heavy atom. The lowest BCUT2D eigenvalue weighted by Gasteiger charge is -2.71. The predicted molar refractivity (Wildman–Crippen MR) is 214 cm³/mol. The number of carbonyl (C=O) groups excluding carboxylic acids is 4. The molecule has 326 valence electrons. The number of carbonyl (C=O) groups is 4. The number of rotatable bonds is 10. The van der Waals surface area contributed by atoms with E-state index in [0.717, 1.165) is 0 Å². The van der Waals surface area contributed by atoms with Crippen molar-refractivity contribution in [3.8, 4) is 0 Å². The van der Waals surface area contributed by atoms with E-state index in [1.165, 1.54) is 6.92 Å². The molecule has 1 amide bonds. The highest BCUT2D eigenvalue weighted by Gasteiger charge is 2.79. The van der Waals surface area contributed by atoms with Gasteiger partial charge in [-0.2, -0.15) is 0 Å². The molecule has 0 spiro atoms. The molecule has 59 heavy (non-hydrogen) atoms. The lowest BCUT2D eigenvalue weighted by molar-refractivity contribution is -0.403. The molecule has 2 bridgehead atoms. The monoisotopic (exact) mass is 825 g/mol. The van der Waals surface area contributed by atoms with Crippen LogP contribution in [-0.2, 0) is 42.7 Å². The zero-order valence-corrected chi connectivity index (χ0v) is 36.2. The molecule has 0 aromatic heterocycles. The number of amides is 1. The number of aliphatic hydroxyl groups excluding tert-OH is 1. The van der Waals surface area contributed by atoms with E-state index in [1.807, 2.05) is 48.5 Å². The molecular weight excluding hydrogens is 762 g/mol. The fraction of sp³-hybridized carbons (Fsp3) is 0.689. The van der Waals surface area contributed by atoms with Crippen molar-refractivity contribution in [2.75, 3.05) is 6.61 Å². The van der Waals surface area contributed by atoms with Crippen molar-refractivity contribution in [3.63, 3.8) is 0 Å². The van der Waals surface area contributed by atoms with E-state index in [2.05, 4.69) is 11.9 Å². The Labute approximate surface area is 347 Å². The van der Waals surface area contributed by atoms with Gasteiger partial charge in [0.2, 0.25) is 0 Å². The van der Waals surface area contributed by atoms with Gasteiger partial charge in [0.15, 0.2) is 18.0 Å². The first-order valence-electron chi connectivity index (χ1n) is 20.7. The summed E-state index contributed by atoms with van der Waals surface area (Å²) in [6.07, 6.45) is -6.18. The number of alkyl carbamates (subject to hydrolysis) is 1. The van der Waals surface area contributed by atoms with E-state index in [1.54, 1.807) is 57.2 Å². The van der Waals surface area contributed by atoms with Gasteiger partial charge in [-0.15, -0.1) is 0 Å². The average Bonchev–Trinajstić information content (AvgIpc) is 3.12. The van der Waals surface area contributed by atoms with Gasteiger partial charge in [-0.3, -0.25) is 4.79 Å². The van der Waals surface area contributed by atoms with E-state index in [-0.39, 0.29) is 30.9 Å². The minimum atomic E-state index is -2.02. The number of ether oxygens (including phenoxy) is 7. The first-order valence-corrected chi connectivity index (χ1v) is 20.7. The van der Waals surface area contributed by atoms with Crippen LogP contribution < -0.4 is 5.32 Å². The van der Waals surface area contributed by atoms with Crippen LogP contribution in [0.5, 0.6) is 0 Å². The molecule has 2 saturated heterocycles. The molecule has 3 aliphatic carbocycles. The number of fused-ring (bicyclic) bond motifs is 4. The van der Waals surface area contributed by atoms with E-state index in [9.17, 15) is 29.4 Å². The molecule has 1 aromatic carbocycles. The molecule has 14 heteroatoms. The summed E-state index contributed by atoms with van der Waals surface area (Å²) in [7, 11) is 0. The lowest BCUT2D eigenvalue weighted by atomic mass is 9.43. The van der Waals surface area contributed by atoms with Crippen molar-refractivity contribution in [2.45, 2.75) is 161 Å². The van der Waals surface area contributed by atoms with Gasteiger partial charge in [0, 0.05) is 36.5 Å². The lowest BCUT2D eigenvalue weighted by Crippen LogP contribution is -2.83. The third kappa shape index (κ3) is 7.73. The Hall–Kier alpha value is -3.82. The van der Waals surface area contributed by atoms with E-state index in [4.69, 9.17) is 33.2 Å². The van der Waals surface area contributed by atoms with Gasteiger partial charge in [-0.05, 0) is 63.8 Å². The highest BCUT2D eigenvalue weighted by molar-refractivity contribution is 5.89. The first-order chi connectivity index (χ1) is 27.4. The van der Waals surface area contributed by atoms with E-state index in [0.29, 0.717) is 17.6 Å². The third-order valence-electron chi connectivity index (χ3n) is 13.5. The largest absolute Gasteiger partial charge is 0.456 e. The van der Waals surface area contributed by atoms with Gasteiger partial charge >= 0.3 is 24.0 Å². The number of benzene rings is 1. The van der Waals surface area contributed by atoms with Gasteiger partial charge < -0.3 is 48.7 Å². The van der Waals surface area contributed by atoms with Crippen molar-refractivity contribution >= 4 is 24.0 Å². The molecular formula is C45H63NO13. The Balaban J connectivity index is 1.51. The zero-order valence-electron chi connectivity index (χ0n) is 36.2. The Bertz CT molecular complexity index is 1840. The maximum atomic E-state index is 14.4. The molecule has 13 atom stereocenters. The van der Waals surface area contributed by atoms with E-state index >= 15 is 0 Å². The summed E-state index contributed by atoms with van der Waals surface area (Å²) >= 11 is 0. The van der Waals surface area contributed by atoms with Gasteiger partial charge in [-0.25, -0.2) is 14.4 Å². The number of hydrogen-bond acceptors (Lipinski definition) is 13. The molecule has 1 unspecified atom stereocenters. The first kappa shape index (κ1) is 44.7. The second-order valence-electron chi connectivity index (χ2n) is 19.3. The van der Waals surface area contributed by atoms with Gasteiger partial charge in [0.25, 0.3) is 0 Å². The number of nitrogens with one attached hydrogen (secondary N) is 1. The molecule has 4 fully saturated rings. The Morgan fingerprint density at radius 3 is 2.27 bits per heavy atom. The maximum absolute atomic E-state index is 14.4. The fourth-order valence-electron chi connectivity index (χ4n) is 11.0. The summed E-state index contributed by atoms with van der Waals surface area (Å²) in [5, 5.41) is 28.0. The maximum Gasteiger partial charge on any atom is 0.407 e. The number of hydrogen-bond donors (Lipinski definition) is 3. The van der Waals surface area contributed by atoms with Crippen molar-refractivity contribution in [2.24, 2.45) is 28.6 Å². The molecule has 6 rings (SSSR count). The average molecular weight is 826 g/mol. The second kappa shape index (κ2) is 15.9. The highest BCUT2D eigenvalue weighted by Crippen LogP contribution is 2.68. The normalized spacial score (nSPS) is 36.8. The molecule has 2 aliphatic heterocycles. The molecule has 5 aliphatic rings. The molecule has 0 radical (unpaired) electrons. The minimum absolute atomic E-state index is 0.0405. The fourth-order valence-corrected chi connectivity index (χ4v) is 11.0. The van der Waals surface area contributed by atoms with Crippen LogP contribution in [0, 0.1) is 28.6 Å². The van der Waals surface area contributed by atoms with Gasteiger partial charge in [-0.1, -0.05) is 71.9 Å². The molecule has 2 saturated carbocycles. The van der Waals surface area contributed by atoms with Crippen molar-refractivity contribution in [3.05, 3.63) is 59.7 Å². The van der Waals surface area contributed by atoms with Crippen molar-refractivity contribution in [1.29, 1.82) is 0 Å². The van der Waals surface area contributed by atoms with Gasteiger partial charge in [0.1, 0.15) is 29.5 Å². The molecule has 2 heterocycles.